The summed E-state index contributed by atoms with van der Waals surface area (Å²) in [5.41, 5.74) is 0.496. The minimum absolute atomic E-state index is 0.0992. The van der Waals surface area contributed by atoms with Crippen LogP contribution in [0.4, 0.5) is 5.13 Å². The number of carbonyl (C=O) groups excluding carboxylic acids is 1. The summed E-state index contributed by atoms with van der Waals surface area (Å²) < 4.78 is 33.5. The quantitative estimate of drug-likeness (QED) is 0.512. The number of nitrogens with one attached hydrogen (secondary N) is 1. The van der Waals surface area contributed by atoms with Crippen LogP contribution in [0.3, 0.4) is 0 Å². The Balaban J connectivity index is 1.75. The normalized spacial score (nSPS) is 30.8. The third-order valence-electron chi connectivity index (χ3n) is 8.05. The van der Waals surface area contributed by atoms with Crippen molar-refractivity contribution in [2.45, 2.75) is 63.4 Å². The molecule has 8 nitrogen and oxygen atoms in total. The minimum Gasteiger partial charge on any atom is -0.469 e. The number of anilines is 1. The topological polar surface area (TPSA) is 126 Å². The molecule has 0 bridgehead atoms. The van der Waals surface area contributed by atoms with Crippen LogP contribution in [-0.4, -0.2) is 49.4 Å². The van der Waals surface area contributed by atoms with Gasteiger partial charge >= 0.3 is 5.97 Å². The molecule has 0 unspecified atom stereocenters. The van der Waals surface area contributed by atoms with Crippen LogP contribution in [0.5, 0.6) is 0 Å². The fourth-order valence-corrected chi connectivity index (χ4v) is 8.13. The lowest BCUT2D eigenvalue weighted by Gasteiger charge is -2.58. The van der Waals surface area contributed by atoms with Gasteiger partial charge in [0, 0.05) is 16.2 Å². The molecule has 10 heteroatoms. The van der Waals surface area contributed by atoms with Gasteiger partial charge in [0.05, 0.1) is 36.8 Å². The van der Waals surface area contributed by atoms with Gasteiger partial charge in [0.2, 0.25) is 0 Å². The van der Waals surface area contributed by atoms with Crippen molar-refractivity contribution in [3.63, 3.8) is 0 Å². The van der Waals surface area contributed by atoms with E-state index in [1.54, 1.807) is 24.3 Å². The van der Waals surface area contributed by atoms with E-state index in [2.05, 4.69) is 16.6 Å². The maximum Gasteiger partial charge on any atom is 0.306 e. The summed E-state index contributed by atoms with van der Waals surface area (Å²) in [7, 11) is -2.48. The molecule has 5 atom stereocenters. The van der Waals surface area contributed by atoms with E-state index in [9.17, 15) is 23.4 Å². The SMILES string of the molecule is COC(=O)C[C@@H]1c2nc(NS(=O)(=O)c3ccc(C)cc3)sc2C[C@H]2[C@](C)(CO)[C@H](O)CC[C@]21C. The lowest BCUT2D eigenvalue weighted by molar-refractivity contribution is -0.152. The number of carbonyl (C=O) groups is 1. The third-order valence-corrected chi connectivity index (χ3v) is 10.5. The smallest absolute Gasteiger partial charge is 0.306 e. The number of ether oxygens (including phenoxy) is 1. The Bertz CT molecular complexity index is 1180. The van der Waals surface area contributed by atoms with Gasteiger partial charge in [-0.2, -0.15) is 0 Å². The maximum atomic E-state index is 13.0. The Labute approximate surface area is 204 Å². The van der Waals surface area contributed by atoms with Gasteiger partial charge in [0.25, 0.3) is 10.0 Å². The maximum absolute atomic E-state index is 13.0. The van der Waals surface area contributed by atoms with Crippen LogP contribution in [0.2, 0.25) is 0 Å². The van der Waals surface area contributed by atoms with Crippen LogP contribution in [0.25, 0.3) is 0 Å². The van der Waals surface area contributed by atoms with E-state index in [0.29, 0.717) is 25.0 Å². The zero-order valence-corrected chi connectivity index (χ0v) is 21.5. The number of esters is 1. The van der Waals surface area contributed by atoms with Gasteiger partial charge in [-0.05, 0) is 49.7 Å². The highest BCUT2D eigenvalue weighted by atomic mass is 32.2. The zero-order chi connectivity index (χ0) is 24.9. The number of aliphatic hydroxyl groups excluding tert-OH is 2. The lowest BCUT2D eigenvalue weighted by Crippen LogP contribution is -2.57. The van der Waals surface area contributed by atoms with Gasteiger partial charge in [-0.1, -0.05) is 31.5 Å². The Kier molecular flexibility index (Phi) is 6.56. The molecule has 0 amide bonds. The molecule has 0 saturated heterocycles. The van der Waals surface area contributed by atoms with E-state index >= 15 is 0 Å². The molecule has 1 aromatic carbocycles. The van der Waals surface area contributed by atoms with E-state index < -0.39 is 27.0 Å². The number of aryl methyl sites for hydroxylation is 1. The Morgan fingerprint density at radius 3 is 2.59 bits per heavy atom. The number of sulfonamides is 1. The number of methoxy groups -OCH3 is 1. The second kappa shape index (κ2) is 8.89. The fraction of sp³-hybridized carbons (Fsp3) is 0.583. The van der Waals surface area contributed by atoms with E-state index in [-0.39, 0.29) is 40.9 Å². The van der Waals surface area contributed by atoms with Crippen molar-refractivity contribution < 1.29 is 28.2 Å². The Morgan fingerprint density at radius 1 is 1.29 bits per heavy atom. The summed E-state index contributed by atoms with van der Waals surface area (Å²) in [5.74, 6) is -0.802. The number of nitrogens with zero attached hydrogens (tertiary/aromatic N) is 1. The molecule has 34 heavy (non-hydrogen) atoms. The molecular formula is C24H32N2O6S2. The van der Waals surface area contributed by atoms with Crippen LogP contribution < -0.4 is 4.72 Å². The van der Waals surface area contributed by atoms with Crippen LogP contribution in [-0.2, 0) is 26.0 Å². The average molecular weight is 509 g/mol. The highest BCUT2D eigenvalue weighted by Gasteiger charge is 2.59. The summed E-state index contributed by atoms with van der Waals surface area (Å²) in [4.78, 5) is 18.1. The summed E-state index contributed by atoms with van der Waals surface area (Å²) in [6.07, 6.45) is 1.15. The molecule has 1 heterocycles. The van der Waals surface area contributed by atoms with Crippen molar-refractivity contribution in [1.29, 1.82) is 0 Å². The highest BCUT2D eigenvalue weighted by molar-refractivity contribution is 7.93. The molecule has 1 fully saturated rings. The second-order valence-electron chi connectivity index (χ2n) is 10.1. The van der Waals surface area contributed by atoms with Crippen molar-refractivity contribution in [2.75, 3.05) is 18.4 Å². The summed E-state index contributed by atoms with van der Waals surface area (Å²) in [6.45, 7) is 5.68. The number of fused-ring (bicyclic) bond motifs is 2. The predicted molar refractivity (Wildman–Crippen MR) is 129 cm³/mol. The number of thiazole rings is 1. The van der Waals surface area contributed by atoms with Gasteiger partial charge in [-0.3, -0.25) is 9.52 Å². The molecule has 0 spiro atoms. The molecular weight excluding hydrogens is 476 g/mol. The van der Waals surface area contributed by atoms with Gasteiger partial charge in [-0.25, -0.2) is 13.4 Å². The third kappa shape index (κ3) is 4.14. The molecule has 4 rings (SSSR count). The number of aromatic nitrogens is 1. The van der Waals surface area contributed by atoms with Crippen LogP contribution >= 0.6 is 11.3 Å². The van der Waals surface area contributed by atoms with Crippen LogP contribution in [0.1, 0.15) is 55.2 Å². The lowest BCUT2D eigenvalue weighted by atomic mass is 9.47. The van der Waals surface area contributed by atoms with Crippen LogP contribution in [0.15, 0.2) is 29.2 Å². The number of hydrogen-bond acceptors (Lipinski definition) is 8. The second-order valence-corrected chi connectivity index (χ2v) is 12.8. The largest absolute Gasteiger partial charge is 0.469 e. The molecule has 1 aromatic heterocycles. The van der Waals surface area contributed by atoms with Crippen LogP contribution in [0, 0.1) is 23.7 Å². The number of rotatable bonds is 6. The van der Waals surface area contributed by atoms with Crippen molar-refractivity contribution >= 4 is 32.5 Å². The Hall–Kier alpha value is -2.01. The van der Waals surface area contributed by atoms with E-state index in [0.717, 1.165) is 10.4 Å². The van der Waals surface area contributed by atoms with Crippen molar-refractivity contribution in [2.24, 2.45) is 16.7 Å². The summed E-state index contributed by atoms with van der Waals surface area (Å²) in [5, 5.41) is 21.3. The predicted octanol–water partition coefficient (Wildman–Crippen LogP) is 3.23. The van der Waals surface area contributed by atoms with E-state index in [1.807, 2.05) is 13.8 Å². The summed E-state index contributed by atoms with van der Waals surface area (Å²) in [6, 6.07) is 6.57. The van der Waals surface area contributed by atoms with Crippen molar-refractivity contribution in [1.82, 2.24) is 4.98 Å². The minimum atomic E-state index is -3.83. The number of benzene rings is 1. The first-order valence-corrected chi connectivity index (χ1v) is 13.7. The van der Waals surface area contributed by atoms with Crippen molar-refractivity contribution in [3.8, 4) is 0 Å². The zero-order valence-electron chi connectivity index (χ0n) is 19.9. The van der Waals surface area contributed by atoms with Gasteiger partial charge in [0.1, 0.15) is 0 Å². The molecule has 1 saturated carbocycles. The standard InChI is InChI=1S/C24H32N2O6S2/c1-14-5-7-15(8-6-14)34(30,31)26-22-25-21-16(11-20(29)32-4)23(2)10-9-19(28)24(3,13-27)18(23)12-17(21)33-22/h5-8,16,18-19,27-28H,9-13H2,1-4H3,(H,25,26)/t16-,18-,19-,23+,24+/m1/s1. The monoisotopic (exact) mass is 508 g/mol. The first-order chi connectivity index (χ1) is 15.9. The average Bonchev–Trinajstić information content (AvgIpc) is 3.19. The number of hydrogen-bond donors (Lipinski definition) is 3. The fourth-order valence-electron chi connectivity index (χ4n) is 5.83. The molecule has 2 aromatic rings. The number of aliphatic hydroxyl groups is 2. The summed E-state index contributed by atoms with van der Waals surface area (Å²) >= 11 is 1.25. The first-order valence-electron chi connectivity index (χ1n) is 11.4. The molecule has 3 N–H and O–H groups in total. The van der Waals surface area contributed by atoms with Gasteiger partial charge in [-0.15, -0.1) is 11.3 Å². The van der Waals surface area contributed by atoms with Crippen molar-refractivity contribution in [3.05, 3.63) is 40.4 Å². The first kappa shape index (κ1) is 25.1. The molecule has 0 aliphatic heterocycles. The van der Waals surface area contributed by atoms with Gasteiger partial charge < -0.3 is 14.9 Å². The molecule has 0 radical (unpaired) electrons. The molecule has 186 valence electrons. The van der Waals surface area contributed by atoms with E-state index in [1.165, 1.54) is 18.4 Å². The van der Waals surface area contributed by atoms with E-state index in [4.69, 9.17) is 4.74 Å². The highest BCUT2D eigenvalue weighted by Crippen LogP contribution is 2.62. The molecule has 2 aliphatic rings. The van der Waals surface area contributed by atoms with Gasteiger partial charge in [0.15, 0.2) is 5.13 Å². The Morgan fingerprint density at radius 2 is 1.97 bits per heavy atom. The molecule has 2 aliphatic carbocycles.